The Bertz CT molecular complexity index is 570. The van der Waals surface area contributed by atoms with Crippen LogP contribution in [0, 0.1) is 0 Å². The first-order valence-corrected chi connectivity index (χ1v) is 6.76. The zero-order chi connectivity index (χ0) is 14.2. The Labute approximate surface area is 119 Å². The lowest BCUT2D eigenvalue weighted by molar-refractivity contribution is -0.140. The zero-order valence-corrected chi connectivity index (χ0v) is 11.7. The van der Waals surface area contributed by atoms with Gasteiger partial charge in [0.2, 0.25) is 0 Å². The molecular weight excluding hydrogens is 250 g/mol. The summed E-state index contributed by atoms with van der Waals surface area (Å²) in [5, 5.41) is 0. The van der Waals surface area contributed by atoms with E-state index in [1.165, 1.54) is 7.11 Å². The molecule has 0 aliphatic rings. The highest BCUT2D eigenvalue weighted by Crippen LogP contribution is 2.12. The van der Waals surface area contributed by atoms with Gasteiger partial charge in [0.05, 0.1) is 7.11 Å². The van der Waals surface area contributed by atoms with Crippen molar-refractivity contribution >= 4 is 12.0 Å². The van der Waals surface area contributed by atoms with Crippen LogP contribution in [0.3, 0.4) is 0 Å². The van der Waals surface area contributed by atoms with E-state index in [1.807, 2.05) is 24.4 Å². The van der Waals surface area contributed by atoms with Crippen LogP contribution in [0.25, 0.3) is 11.8 Å². The van der Waals surface area contributed by atoms with Gasteiger partial charge in [-0.1, -0.05) is 30.4 Å². The average Bonchev–Trinajstić information content (AvgIpc) is 2.96. The summed E-state index contributed by atoms with van der Waals surface area (Å²) in [5.74, 6) is -0.145. The van der Waals surface area contributed by atoms with Crippen LogP contribution in [-0.4, -0.2) is 17.6 Å². The SMILES string of the molecule is COC(=O)CCC/C=C/c1ccn(-c2ccccc2)c1. The van der Waals surface area contributed by atoms with Crippen molar-refractivity contribution in [3.63, 3.8) is 0 Å². The second-order valence-corrected chi connectivity index (χ2v) is 4.56. The summed E-state index contributed by atoms with van der Waals surface area (Å²) in [6.45, 7) is 0. The molecule has 0 atom stereocenters. The van der Waals surface area contributed by atoms with Crippen LogP contribution in [0.1, 0.15) is 24.8 Å². The number of hydrogen-bond donors (Lipinski definition) is 0. The van der Waals surface area contributed by atoms with Crippen LogP contribution in [0.2, 0.25) is 0 Å². The van der Waals surface area contributed by atoms with Crippen molar-refractivity contribution in [2.24, 2.45) is 0 Å². The van der Waals surface area contributed by atoms with E-state index in [0.717, 1.165) is 24.1 Å². The summed E-state index contributed by atoms with van der Waals surface area (Å²) >= 11 is 0. The lowest BCUT2D eigenvalue weighted by Gasteiger charge is -2.00. The van der Waals surface area contributed by atoms with Gasteiger partial charge in [0.1, 0.15) is 0 Å². The van der Waals surface area contributed by atoms with Gasteiger partial charge in [-0.3, -0.25) is 4.79 Å². The van der Waals surface area contributed by atoms with E-state index in [9.17, 15) is 4.79 Å². The van der Waals surface area contributed by atoms with Crippen molar-refractivity contribution in [3.05, 3.63) is 60.4 Å². The van der Waals surface area contributed by atoms with Gasteiger partial charge < -0.3 is 9.30 Å². The fourth-order valence-corrected chi connectivity index (χ4v) is 1.96. The Hall–Kier alpha value is -2.29. The molecule has 0 saturated heterocycles. The molecule has 0 saturated carbocycles. The van der Waals surface area contributed by atoms with Crippen molar-refractivity contribution in [1.29, 1.82) is 0 Å². The number of methoxy groups -OCH3 is 1. The van der Waals surface area contributed by atoms with Crippen LogP contribution in [0.5, 0.6) is 0 Å². The Morgan fingerprint density at radius 3 is 2.80 bits per heavy atom. The molecule has 2 aromatic rings. The summed E-state index contributed by atoms with van der Waals surface area (Å²) in [4.78, 5) is 11.0. The van der Waals surface area contributed by atoms with E-state index in [2.05, 4.69) is 45.9 Å². The van der Waals surface area contributed by atoms with Crippen LogP contribution in [-0.2, 0) is 9.53 Å². The maximum atomic E-state index is 11.0. The molecule has 3 nitrogen and oxygen atoms in total. The number of para-hydroxylation sites is 1. The number of nitrogens with zero attached hydrogens (tertiary/aromatic N) is 1. The molecule has 1 heterocycles. The molecule has 0 spiro atoms. The first-order chi connectivity index (χ1) is 9.79. The molecule has 20 heavy (non-hydrogen) atoms. The van der Waals surface area contributed by atoms with E-state index >= 15 is 0 Å². The molecule has 0 bridgehead atoms. The minimum atomic E-state index is -0.145. The van der Waals surface area contributed by atoms with E-state index in [-0.39, 0.29) is 5.97 Å². The Morgan fingerprint density at radius 1 is 1.25 bits per heavy atom. The highest BCUT2D eigenvalue weighted by molar-refractivity contribution is 5.69. The van der Waals surface area contributed by atoms with E-state index in [1.54, 1.807) is 0 Å². The smallest absolute Gasteiger partial charge is 0.305 e. The van der Waals surface area contributed by atoms with Crippen molar-refractivity contribution < 1.29 is 9.53 Å². The maximum Gasteiger partial charge on any atom is 0.305 e. The van der Waals surface area contributed by atoms with E-state index < -0.39 is 0 Å². The molecule has 0 aliphatic heterocycles. The topological polar surface area (TPSA) is 31.2 Å². The molecule has 0 N–H and O–H groups in total. The van der Waals surface area contributed by atoms with E-state index in [0.29, 0.717) is 6.42 Å². The molecule has 3 heteroatoms. The molecule has 2 rings (SSSR count). The summed E-state index contributed by atoms with van der Waals surface area (Å²) in [6, 6.07) is 12.3. The second kappa shape index (κ2) is 7.34. The van der Waals surface area contributed by atoms with Gasteiger partial charge in [0, 0.05) is 24.5 Å². The molecule has 1 aromatic heterocycles. The van der Waals surface area contributed by atoms with Crippen LogP contribution < -0.4 is 0 Å². The fraction of sp³-hybridized carbons (Fsp3) is 0.235. The minimum Gasteiger partial charge on any atom is -0.469 e. The molecule has 1 aromatic carbocycles. The molecule has 0 aliphatic carbocycles. The van der Waals surface area contributed by atoms with Crippen LogP contribution in [0.4, 0.5) is 0 Å². The highest BCUT2D eigenvalue weighted by Gasteiger charge is 1.98. The number of hydrogen-bond acceptors (Lipinski definition) is 2. The molecular formula is C17H19NO2. The average molecular weight is 269 g/mol. The number of carbonyl (C=O) groups excluding carboxylic acids is 1. The van der Waals surface area contributed by atoms with Gasteiger partial charge in [-0.25, -0.2) is 0 Å². The number of aromatic nitrogens is 1. The predicted molar refractivity (Wildman–Crippen MR) is 80.7 cm³/mol. The summed E-state index contributed by atoms with van der Waals surface area (Å²) in [5.41, 5.74) is 2.31. The molecule has 104 valence electrons. The van der Waals surface area contributed by atoms with Crippen molar-refractivity contribution in [3.8, 4) is 5.69 Å². The number of carbonyl (C=O) groups is 1. The Kier molecular flexibility index (Phi) is 5.18. The molecule has 0 amide bonds. The predicted octanol–water partition coefficient (Wildman–Crippen LogP) is 3.83. The molecule has 0 unspecified atom stereocenters. The summed E-state index contributed by atoms with van der Waals surface area (Å²) in [6.07, 6.45) is 10.5. The first-order valence-electron chi connectivity index (χ1n) is 6.76. The van der Waals surface area contributed by atoms with Gasteiger partial charge in [0.15, 0.2) is 0 Å². The molecule has 0 radical (unpaired) electrons. The highest BCUT2D eigenvalue weighted by atomic mass is 16.5. The van der Waals surface area contributed by atoms with Crippen LogP contribution in [0.15, 0.2) is 54.9 Å². The number of rotatable bonds is 6. The number of unbranched alkanes of at least 4 members (excludes halogenated alkanes) is 1. The van der Waals surface area contributed by atoms with E-state index in [4.69, 9.17) is 0 Å². The Balaban J connectivity index is 1.85. The van der Waals surface area contributed by atoms with Gasteiger partial charge in [-0.2, -0.15) is 0 Å². The van der Waals surface area contributed by atoms with Crippen molar-refractivity contribution in [2.75, 3.05) is 7.11 Å². The summed E-state index contributed by atoms with van der Waals surface area (Å²) in [7, 11) is 1.42. The van der Waals surface area contributed by atoms with Gasteiger partial charge in [0.25, 0.3) is 0 Å². The van der Waals surface area contributed by atoms with Gasteiger partial charge in [-0.15, -0.1) is 0 Å². The van der Waals surface area contributed by atoms with Gasteiger partial charge in [-0.05, 0) is 36.6 Å². The summed E-state index contributed by atoms with van der Waals surface area (Å²) < 4.78 is 6.69. The van der Waals surface area contributed by atoms with Crippen LogP contribution >= 0.6 is 0 Å². The lowest BCUT2D eigenvalue weighted by atomic mass is 10.2. The number of benzene rings is 1. The fourth-order valence-electron chi connectivity index (χ4n) is 1.96. The standard InChI is InChI=1S/C17H19NO2/c1-20-17(19)11-7-2-4-8-15-12-13-18(14-15)16-9-5-3-6-10-16/h3-6,8-10,12-14H,2,7,11H2,1H3/b8-4+. The third-order valence-corrected chi connectivity index (χ3v) is 3.06. The van der Waals surface area contributed by atoms with Crippen molar-refractivity contribution in [2.45, 2.75) is 19.3 Å². The maximum absolute atomic E-state index is 11.0. The minimum absolute atomic E-state index is 0.145. The number of esters is 1. The largest absolute Gasteiger partial charge is 0.469 e. The normalized spacial score (nSPS) is 10.8. The first kappa shape index (κ1) is 14.1. The lowest BCUT2D eigenvalue weighted by Crippen LogP contribution is -1.98. The van der Waals surface area contributed by atoms with Crippen molar-refractivity contribution in [1.82, 2.24) is 4.57 Å². The number of ether oxygens (including phenoxy) is 1. The third-order valence-electron chi connectivity index (χ3n) is 3.06. The second-order valence-electron chi connectivity index (χ2n) is 4.56. The monoisotopic (exact) mass is 269 g/mol. The third kappa shape index (κ3) is 4.12. The quantitative estimate of drug-likeness (QED) is 0.589. The van der Waals surface area contributed by atoms with Gasteiger partial charge >= 0.3 is 5.97 Å². The Morgan fingerprint density at radius 2 is 2.05 bits per heavy atom. The molecule has 0 fully saturated rings. The zero-order valence-electron chi connectivity index (χ0n) is 11.7. The number of allylic oxidation sites excluding steroid dienone is 1.